The molecule has 1 aromatic carbocycles. The molecule has 0 radical (unpaired) electrons. The Morgan fingerprint density at radius 2 is 2.28 bits per heavy atom. The number of carbonyl (C=O) groups excluding carboxylic acids is 1. The van der Waals surface area contributed by atoms with E-state index in [9.17, 15) is 4.79 Å². The highest BCUT2D eigenvalue weighted by molar-refractivity contribution is 5.96. The summed E-state index contributed by atoms with van der Waals surface area (Å²) in [5.41, 5.74) is 7.72. The van der Waals surface area contributed by atoms with E-state index in [2.05, 4.69) is 15.5 Å². The van der Waals surface area contributed by atoms with Gasteiger partial charge >= 0.3 is 0 Å². The lowest BCUT2D eigenvalue weighted by Gasteiger charge is -2.08. The van der Waals surface area contributed by atoms with Gasteiger partial charge in [0.25, 0.3) is 5.91 Å². The maximum absolute atomic E-state index is 12.0. The number of rotatable bonds is 3. The number of hydrogen-bond donors (Lipinski definition) is 2. The Bertz CT molecular complexity index is 576. The van der Waals surface area contributed by atoms with E-state index in [0.717, 1.165) is 5.56 Å². The number of nitrogen functional groups attached to an aromatic ring is 1. The number of nitrogens with two attached hydrogens (primary N) is 1. The van der Waals surface area contributed by atoms with Gasteiger partial charge in [-0.25, -0.2) is 0 Å². The molecule has 6 nitrogen and oxygen atoms in total. The molecule has 3 N–H and O–H groups in total. The van der Waals surface area contributed by atoms with Gasteiger partial charge in [0, 0.05) is 18.3 Å². The standard InChI is InChI=1S/C12H15N5O/c1-8-3-4-9(13)5-10(8)12(18)14-6-11-16-15-7-17(11)2/h3-5,7H,6,13H2,1-2H3,(H,14,18). The summed E-state index contributed by atoms with van der Waals surface area (Å²) in [6.07, 6.45) is 1.59. The smallest absolute Gasteiger partial charge is 0.252 e. The lowest BCUT2D eigenvalue weighted by Crippen LogP contribution is -2.25. The van der Waals surface area contributed by atoms with E-state index in [4.69, 9.17) is 5.73 Å². The highest BCUT2D eigenvalue weighted by atomic mass is 16.1. The monoisotopic (exact) mass is 245 g/mol. The second-order valence-electron chi connectivity index (χ2n) is 4.12. The van der Waals surface area contributed by atoms with Crippen LogP contribution in [0.5, 0.6) is 0 Å². The molecule has 0 unspecified atom stereocenters. The molecule has 0 atom stereocenters. The summed E-state index contributed by atoms with van der Waals surface area (Å²) in [5.74, 6) is 0.535. The van der Waals surface area contributed by atoms with Gasteiger partial charge in [-0.2, -0.15) is 0 Å². The minimum atomic E-state index is -0.164. The quantitative estimate of drug-likeness (QED) is 0.777. The SMILES string of the molecule is Cc1ccc(N)cc1C(=O)NCc1nncn1C. The summed E-state index contributed by atoms with van der Waals surface area (Å²) in [4.78, 5) is 12.0. The molecule has 6 heteroatoms. The van der Waals surface area contributed by atoms with E-state index < -0.39 is 0 Å². The Hall–Kier alpha value is -2.37. The van der Waals surface area contributed by atoms with Gasteiger partial charge in [-0.05, 0) is 24.6 Å². The third-order valence-electron chi connectivity index (χ3n) is 2.72. The fourth-order valence-electron chi connectivity index (χ4n) is 1.61. The average Bonchev–Trinajstić information content (AvgIpc) is 2.75. The van der Waals surface area contributed by atoms with Crippen molar-refractivity contribution in [2.45, 2.75) is 13.5 Å². The van der Waals surface area contributed by atoms with Crippen LogP contribution < -0.4 is 11.1 Å². The second-order valence-corrected chi connectivity index (χ2v) is 4.12. The lowest BCUT2D eigenvalue weighted by molar-refractivity contribution is 0.0949. The highest BCUT2D eigenvalue weighted by Crippen LogP contribution is 2.12. The van der Waals surface area contributed by atoms with Crippen LogP contribution in [-0.2, 0) is 13.6 Å². The third kappa shape index (κ3) is 2.48. The van der Waals surface area contributed by atoms with Crippen LogP contribution in [0, 0.1) is 6.92 Å². The van der Waals surface area contributed by atoms with Gasteiger partial charge in [0.05, 0.1) is 6.54 Å². The first-order chi connectivity index (χ1) is 8.58. The topological polar surface area (TPSA) is 85.8 Å². The summed E-state index contributed by atoms with van der Waals surface area (Å²) in [6, 6.07) is 5.27. The van der Waals surface area contributed by atoms with Crippen molar-refractivity contribution in [1.29, 1.82) is 0 Å². The number of carbonyl (C=O) groups is 1. The van der Waals surface area contributed by atoms with Crippen molar-refractivity contribution < 1.29 is 4.79 Å². The van der Waals surface area contributed by atoms with Gasteiger partial charge < -0.3 is 15.6 Å². The van der Waals surface area contributed by atoms with Crippen LogP contribution >= 0.6 is 0 Å². The maximum Gasteiger partial charge on any atom is 0.252 e. The van der Waals surface area contributed by atoms with E-state index >= 15 is 0 Å². The number of anilines is 1. The van der Waals surface area contributed by atoms with E-state index in [-0.39, 0.29) is 5.91 Å². The number of nitrogens with one attached hydrogen (secondary N) is 1. The van der Waals surface area contributed by atoms with Crippen molar-refractivity contribution in [3.05, 3.63) is 41.5 Å². The van der Waals surface area contributed by atoms with E-state index in [0.29, 0.717) is 23.6 Å². The zero-order valence-corrected chi connectivity index (χ0v) is 10.3. The van der Waals surface area contributed by atoms with Crippen LogP contribution in [0.1, 0.15) is 21.7 Å². The van der Waals surface area contributed by atoms with Crippen LogP contribution in [0.3, 0.4) is 0 Å². The first kappa shape index (κ1) is 12.1. The molecule has 94 valence electrons. The summed E-state index contributed by atoms with van der Waals surface area (Å²) in [6.45, 7) is 2.21. The summed E-state index contributed by atoms with van der Waals surface area (Å²) >= 11 is 0. The van der Waals surface area contributed by atoms with Gasteiger partial charge in [0.1, 0.15) is 6.33 Å². The van der Waals surface area contributed by atoms with Gasteiger partial charge in [0.2, 0.25) is 0 Å². The van der Waals surface area contributed by atoms with Crippen molar-refractivity contribution >= 4 is 11.6 Å². The maximum atomic E-state index is 12.0. The fourth-order valence-corrected chi connectivity index (χ4v) is 1.61. The average molecular weight is 245 g/mol. The van der Waals surface area contributed by atoms with Crippen LogP contribution in [0.25, 0.3) is 0 Å². The molecule has 0 saturated carbocycles. The largest absolute Gasteiger partial charge is 0.399 e. The van der Waals surface area contributed by atoms with Crippen molar-refractivity contribution in [1.82, 2.24) is 20.1 Å². The highest BCUT2D eigenvalue weighted by Gasteiger charge is 2.10. The van der Waals surface area contributed by atoms with Gasteiger partial charge in [-0.1, -0.05) is 6.07 Å². The Balaban J connectivity index is 2.08. The molecule has 1 aromatic heterocycles. The molecular formula is C12H15N5O. The number of amides is 1. The minimum Gasteiger partial charge on any atom is -0.399 e. The van der Waals surface area contributed by atoms with Crippen LogP contribution in [0.2, 0.25) is 0 Å². The molecule has 0 aliphatic rings. The minimum absolute atomic E-state index is 0.164. The Labute approximate surface area is 105 Å². The molecule has 1 amide bonds. The fraction of sp³-hybridized carbons (Fsp3) is 0.250. The predicted molar refractivity (Wildman–Crippen MR) is 67.8 cm³/mol. The summed E-state index contributed by atoms with van der Waals surface area (Å²) in [7, 11) is 1.83. The van der Waals surface area contributed by atoms with Gasteiger partial charge in [-0.15, -0.1) is 10.2 Å². The van der Waals surface area contributed by atoms with Gasteiger partial charge in [-0.3, -0.25) is 4.79 Å². The molecule has 0 spiro atoms. The Morgan fingerprint density at radius 3 is 2.94 bits per heavy atom. The van der Waals surface area contributed by atoms with E-state index in [1.165, 1.54) is 0 Å². The van der Waals surface area contributed by atoms with Crippen molar-refractivity contribution in [3.63, 3.8) is 0 Å². The third-order valence-corrected chi connectivity index (χ3v) is 2.72. The van der Waals surface area contributed by atoms with E-state index in [1.54, 1.807) is 23.0 Å². The molecule has 0 aliphatic heterocycles. The molecule has 1 heterocycles. The normalized spacial score (nSPS) is 10.3. The molecule has 0 saturated heterocycles. The molecule has 0 aliphatic carbocycles. The van der Waals surface area contributed by atoms with Crippen molar-refractivity contribution in [2.75, 3.05) is 5.73 Å². The second kappa shape index (κ2) is 4.87. The number of aryl methyl sites for hydroxylation is 2. The van der Waals surface area contributed by atoms with Crippen molar-refractivity contribution in [2.24, 2.45) is 7.05 Å². The number of aromatic nitrogens is 3. The van der Waals surface area contributed by atoms with Gasteiger partial charge in [0.15, 0.2) is 5.82 Å². The molecule has 0 fully saturated rings. The van der Waals surface area contributed by atoms with Crippen molar-refractivity contribution in [3.8, 4) is 0 Å². The molecule has 18 heavy (non-hydrogen) atoms. The van der Waals surface area contributed by atoms with Crippen LogP contribution in [0.15, 0.2) is 24.5 Å². The van der Waals surface area contributed by atoms with E-state index in [1.807, 2.05) is 20.0 Å². The van der Waals surface area contributed by atoms with Crippen LogP contribution in [-0.4, -0.2) is 20.7 Å². The molecule has 2 rings (SSSR count). The first-order valence-corrected chi connectivity index (χ1v) is 5.55. The number of benzene rings is 1. The number of nitrogens with zero attached hydrogens (tertiary/aromatic N) is 3. The molecular weight excluding hydrogens is 230 g/mol. The summed E-state index contributed by atoms with van der Waals surface area (Å²) < 4.78 is 1.76. The first-order valence-electron chi connectivity index (χ1n) is 5.55. The molecule has 0 bridgehead atoms. The zero-order valence-electron chi connectivity index (χ0n) is 10.3. The number of hydrogen-bond acceptors (Lipinski definition) is 4. The Kier molecular flexibility index (Phi) is 3.27. The predicted octanol–water partition coefficient (Wildman–Crippen LogP) is 0.636. The lowest BCUT2D eigenvalue weighted by atomic mass is 10.1. The molecule has 2 aromatic rings. The zero-order chi connectivity index (χ0) is 13.1. The Morgan fingerprint density at radius 1 is 1.50 bits per heavy atom. The van der Waals surface area contributed by atoms with Crippen LogP contribution in [0.4, 0.5) is 5.69 Å². The summed E-state index contributed by atoms with van der Waals surface area (Å²) in [5, 5.41) is 10.4.